The Morgan fingerprint density at radius 2 is 1.94 bits per heavy atom. The highest BCUT2D eigenvalue weighted by Gasteiger charge is 2.15. The first-order chi connectivity index (χ1) is 16.0. The monoisotopic (exact) mass is 441 g/mol. The van der Waals surface area contributed by atoms with Crippen molar-refractivity contribution in [2.45, 2.75) is 26.8 Å². The van der Waals surface area contributed by atoms with Crippen LogP contribution >= 0.6 is 0 Å². The van der Waals surface area contributed by atoms with Gasteiger partial charge >= 0.3 is 0 Å². The molecule has 0 aliphatic carbocycles. The van der Waals surface area contributed by atoms with Crippen LogP contribution in [0.25, 0.3) is 17.1 Å². The van der Waals surface area contributed by atoms with Crippen LogP contribution in [-0.4, -0.2) is 31.0 Å². The predicted molar refractivity (Wildman–Crippen MR) is 123 cm³/mol. The molecule has 0 saturated heterocycles. The van der Waals surface area contributed by atoms with Crippen LogP contribution in [0.2, 0.25) is 0 Å². The molecule has 2 aromatic heterocycles. The van der Waals surface area contributed by atoms with Gasteiger partial charge in [-0.25, -0.2) is 9.67 Å². The molecule has 0 radical (unpaired) electrons. The molecule has 0 aliphatic heterocycles. The van der Waals surface area contributed by atoms with E-state index >= 15 is 0 Å². The molecule has 4 rings (SSSR count). The zero-order valence-corrected chi connectivity index (χ0v) is 18.4. The largest absolute Gasteiger partial charge is 0.508 e. The maximum Gasteiger partial charge on any atom is 0.254 e. The van der Waals surface area contributed by atoms with E-state index in [0.29, 0.717) is 48.2 Å². The molecule has 8 heteroatoms. The van der Waals surface area contributed by atoms with Gasteiger partial charge in [0, 0.05) is 30.3 Å². The fourth-order valence-electron chi connectivity index (χ4n) is 3.64. The number of nitriles is 1. The van der Waals surface area contributed by atoms with E-state index in [1.165, 1.54) is 6.07 Å². The van der Waals surface area contributed by atoms with Gasteiger partial charge < -0.3 is 14.4 Å². The van der Waals surface area contributed by atoms with E-state index in [1.807, 2.05) is 37.3 Å². The summed E-state index contributed by atoms with van der Waals surface area (Å²) in [6.07, 6.45) is 0.417. The smallest absolute Gasteiger partial charge is 0.254 e. The lowest BCUT2D eigenvalue weighted by atomic mass is 10.2. The fourth-order valence-corrected chi connectivity index (χ4v) is 3.64. The summed E-state index contributed by atoms with van der Waals surface area (Å²) in [5.41, 5.74) is 2.39. The maximum absolute atomic E-state index is 12.4. The van der Waals surface area contributed by atoms with E-state index in [1.54, 1.807) is 40.4 Å². The second-order valence-corrected chi connectivity index (χ2v) is 7.48. The van der Waals surface area contributed by atoms with Crippen molar-refractivity contribution in [3.63, 3.8) is 0 Å². The lowest BCUT2D eigenvalue weighted by molar-refractivity contribution is 0.340. The van der Waals surface area contributed by atoms with Crippen molar-refractivity contribution in [3.8, 4) is 34.6 Å². The molecule has 0 bridgehead atoms. The SMILES string of the molecule is CCOc1cccc(-c2nc(CCn3c(C)cc(O)cc3=O)n(-c3cccc(C#N)c3)n2)c1. The van der Waals surface area contributed by atoms with Crippen molar-refractivity contribution in [2.24, 2.45) is 0 Å². The molecular weight excluding hydrogens is 418 g/mol. The van der Waals surface area contributed by atoms with Crippen molar-refractivity contribution in [2.75, 3.05) is 6.61 Å². The molecule has 2 heterocycles. The van der Waals surface area contributed by atoms with Crippen LogP contribution in [0.15, 0.2) is 65.5 Å². The zero-order chi connectivity index (χ0) is 23.4. The highest BCUT2D eigenvalue weighted by molar-refractivity contribution is 5.58. The van der Waals surface area contributed by atoms with Gasteiger partial charge in [-0.1, -0.05) is 18.2 Å². The molecular formula is C25H23N5O3. The highest BCUT2D eigenvalue weighted by atomic mass is 16.5. The quantitative estimate of drug-likeness (QED) is 0.470. The van der Waals surface area contributed by atoms with Gasteiger partial charge in [-0.05, 0) is 50.2 Å². The number of pyridine rings is 1. The van der Waals surface area contributed by atoms with Gasteiger partial charge in [-0.2, -0.15) is 5.26 Å². The zero-order valence-electron chi connectivity index (χ0n) is 18.4. The molecule has 0 saturated carbocycles. The molecule has 0 unspecified atom stereocenters. The molecule has 0 atom stereocenters. The molecule has 0 aliphatic rings. The van der Waals surface area contributed by atoms with Gasteiger partial charge in [-0.15, -0.1) is 5.10 Å². The molecule has 0 spiro atoms. The van der Waals surface area contributed by atoms with E-state index in [0.717, 1.165) is 11.3 Å². The summed E-state index contributed by atoms with van der Waals surface area (Å²) < 4.78 is 8.89. The first kappa shape index (κ1) is 21.8. The van der Waals surface area contributed by atoms with E-state index in [-0.39, 0.29) is 11.3 Å². The average Bonchev–Trinajstić information content (AvgIpc) is 3.23. The lowest BCUT2D eigenvalue weighted by Crippen LogP contribution is -2.22. The summed E-state index contributed by atoms with van der Waals surface area (Å²) in [4.78, 5) is 17.1. The molecule has 1 N–H and O–H groups in total. The van der Waals surface area contributed by atoms with Crippen molar-refractivity contribution >= 4 is 0 Å². The van der Waals surface area contributed by atoms with Crippen molar-refractivity contribution < 1.29 is 9.84 Å². The van der Waals surface area contributed by atoms with Crippen LogP contribution in [0.5, 0.6) is 11.5 Å². The average molecular weight is 441 g/mol. The van der Waals surface area contributed by atoms with Crippen molar-refractivity contribution in [1.29, 1.82) is 5.26 Å². The number of ether oxygens (including phenoxy) is 1. The number of hydrogen-bond donors (Lipinski definition) is 1. The van der Waals surface area contributed by atoms with Crippen molar-refractivity contribution in [3.05, 3.63) is 88.1 Å². The molecule has 2 aromatic carbocycles. The minimum Gasteiger partial charge on any atom is -0.508 e. The second kappa shape index (κ2) is 9.40. The second-order valence-electron chi connectivity index (χ2n) is 7.48. The van der Waals surface area contributed by atoms with E-state index < -0.39 is 0 Å². The van der Waals surface area contributed by atoms with Crippen LogP contribution < -0.4 is 10.3 Å². The Morgan fingerprint density at radius 3 is 2.70 bits per heavy atom. The lowest BCUT2D eigenvalue weighted by Gasteiger charge is -2.10. The number of aromatic nitrogens is 4. The molecule has 166 valence electrons. The van der Waals surface area contributed by atoms with Crippen LogP contribution in [0, 0.1) is 18.3 Å². The Bertz CT molecular complexity index is 1400. The normalized spacial score (nSPS) is 10.7. The van der Waals surface area contributed by atoms with Gasteiger partial charge in [0.25, 0.3) is 5.56 Å². The number of nitrogens with zero attached hydrogens (tertiary/aromatic N) is 5. The molecule has 33 heavy (non-hydrogen) atoms. The van der Waals surface area contributed by atoms with Gasteiger partial charge in [0.2, 0.25) is 0 Å². The third-order valence-electron chi connectivity index (χ3n) is 5.18. The number of rotatable bonds is 7. The Balaban J connectivity index is 1.75. The minimum absolute atomic E-state index is 0.0540. The first-order valence-electron chi connectivity index (χ1n) is 10.6. The van der Waals surface area contributed by atoms with Gasteiger partial charge in [0.15, 0.2) is 5.82 Å². The molecule has 0 fully saturated rings. The van der Waals surface area contributed by atoms with Gasteiger partial charge in [0.1, 0.15) is 17.3 Å². The third-order valence-corrected chi connectivity index (χ3v) is 5.18. The van der Waals surface area contributed by atoms with Crippen LogP contribution in [-0.2, 0) is 13.0 Å². The fraction of sp³-hybridized carbons (Fsp3) is 0.200. The predicted octanol–water partition coefficient (Wildman–Crippen LogP) is 3.62. The van der Waals surface area contributed by atoms with Gasteiger partial charge in [-0.3, -0.25) is 4.79 Å². The maximum atomic E-state index is 12.4. The van der Waals surface area contributed by atoms with E-state index in [4.69, 9.17) is 14.8 Å². The Hall–Kier alpha value is -4.38. The van der Waals surface area contributed by atoms with E-state index in [2.05, 4.69) is 6.07 Å². The summed E-state index contributed by atoms with van der Waals surface area (Å²) in [5, 5.41) is 23.7. The summed E-state index contributed by atoms with van der Waals surface area (Å²) >= 11 is 0. The number of hydrogen-bond acceptors (Lipinski definition) is 6. The van der Waals surface area contributed by atoms with Crippen molar-refractivity contribution in [1.82, 2.24) is 19.3 Å². The summed E-state index contributed by atoms with van der Waals surface area (Å²) in [5.74, 6) is 1.83. The summed E-state index contributed by atoms with van der Waals surface area (Å²) in [6.45, 7) is 4.61. The highest BCUT2D eigenvalue weighted by Crippen LogP contribution is 2.23. The third kappa shape index (κ3) is 4.77. The molecule has 8 nitrogen and oxygen atoms in total. The number of aryl methyl sites for hydroxylation is 2. The van der Waals surface area contributed by atoms with Crippen LogP contribution in [0.1, 0.15) is 24.0 Å². The van der Waals surface area contributed by atoms with E-state index in [9.17, 15) is 15.2 Å². The molecule has 0 amide bonds. The minimum atomic E-state index is -0.283. The summed E-state index contributed by atoms with van der Waals surface area (Å²) in [7, 11) is 0. The summed E-state index contributed by atoms with van der Waals surface area (Å²) in [6, 6.07) is 19.6. The van der Waals surface area contributed by atoms with Crippen LogP contribution in [0.4, 0.5) is 0 Å². The topological polar surface area (TPSA) is 106 Å². The Labute approximate surface area is 191 Å². The Kier molecular flexibility index (Phi) is 6.22. The first-order valence-corrected chi connectivity index (χ1v) is 10.6. The number of benzene rings is 2. The number of aromatic hydroxyl groups is 1. The van der Waals surface area contributed by atoms with Crippen LogP contribution in [0.3, 0.4) is 0 Å². The van der Waals surface area contributed by atoms with Gasteiger partial charge in [0.05, 0.1) is 23.9 Å². The standard InChI is InChI=1S/C25H23N5O3/c1-3-33-22-9-5-7-19(14-22)25-27-23(10-11-29-17(2)12-21(31)15-24(29)32)30(28-25)20-8-4-6-18(13-20)16-26/h4-9,12-15,31H,3,10-11H2,1-2H3. The molecule has 4 aromatic rings. The Morgan fingerprint density at radius 1 is 1.12 bits per heavy atom.